The van der Waals surface area contributed by atoms with Gasteiger partial charge in [0.15, 0.2) is 23.3 Å². The molecule has 15 aromatic heterocycles. The van der Waals surface area contributed by atoms with E-state index in [2.05, 4.69) is 226 Å². The lowest BCUT2D eigenvalue weighted by molar-refractivity contribution is 0.619. The SMILES string of the molecule is c1cc(-c2nc(-c3ccncc3)nc(-c3ccncc3)n2)cc(-n2c3ccccc3c3c4occc4ccc32)c1.c1ccc2c(c1)c1c3occc3ccc1n2-c1ccc(-c2cc(-c3ccncc3)cc(-c3ccncc3)n2)cc1.c1ccc2c(c1)c1c3occc3ccc1n2-c1ccc(-c2nc(-c3ccncc3)cc(-c3ccncc3)n2)cc1. The molecule has 564 valence electrons. The Morgan fingerprint density at radius 2 is 0.508 bits per heavy atom. The van der Waals surface area contributed by atoms with Crippen LogP contribution in [-0.2, 0) is 0 Å². The van der Waals surface area contributed by atoms with Crippen molar-refractivity contribution in [2.75, 3.05) is 0 Å². The molecule has 18 nitrogen and oxygen atoms in total. The second-order valence-electron chi connectivity index (χ2n) is 28.9. The van der Waals surface area contributed by atoms with E-state index >= 15 is 0 Å². The molecule has 0 saturated carbocycles. The molecule has 0 saturated heterocycles. The summed E-state index contributed by atoms with van der Waals surface area (Å²) in [5.74, 6) is 2.42. The lowest BCUT2D eigenvalue weighted by atomic mass is 10.0. The standard InChI is InChI=1S/C35H22N4O.C34H21N5O.C33H20N6O/c1-2-4-32-29(3-1)34-33(10-7-26-15-20-40-35(26)34)39(32)28-8-5-24(6-9-28)30-21-27(23-11-16-36-17-12-23)22-31(38-30)25-13-18-37-19-14-25;1-2-4-30-27(3-1)32-31(10-7-24-15-20-40-33(24)32)39(30)26-8-5-25(6-9-26)34-37-28(22-11-16-35-17-12-22)21-29(38-34)23-13-18-36-19-14-23;1-2-7-27-26(6-1)29-28(9-8-21-14-19-40-30(21)29)39(27)25-5-3-4-24(20-25)33-37-31(22-10-15-34-16-11-22)36-32(38-33)23-12-17-35-18-13-23/h1-22H;1-21H;1-20H. The van der Waals surface area contributed by atoms with E-state index in [-0.39, 0.29) is 0 Å². The highest BCUT2D eigenvalue weighted by molar-refractivity contribution is 6.22. The van der Waals surface area contributed by atoms with Crippen molar-refractivity contribution in [3.05, 3.63) is 384 Å². The van der Waals surface area contributed by atoms with Crippen LogP contribution in [0.2, 0.25) is 0 Å². The monoisotopic (exact) mass is 1550 g/mol. The van der Waals surface area contributed by atoms with E-state index in [9.17, 15) is 0 Å². The lowest BCUT2D eigenvalue weighted by Gasteiger charge is -2.12. The van der Waals surface area contributed by atoms with Crippen LogP contribution in [0.5, 0.6) is 0 Å². The average molecular weight is 1550 g/mol. The summed E-state index contributed by atoms with van der Waals surface area (Å²) in [7, 11) is 0. The molecule has 0 radical (unpaired) electrons. The molecule has 0 amide bonds. The number of hydrogen-bond donors (Lipinski definition) is 0. The van der Waals surface area contributed by atoms with Crippen molar-refractivity contribution in [1.82, 2.24) is 73.5 Å². The number of hydrogen-bond acceptors (Lipinski definition) is 15. The van der Waals surface area contributed by atoms with Crippen LogP contribution in [0.1, 0.15) is 0 Å². The highest BCUT2D eigenvalue weighted by Gasteiger charge is 2.23. The molecule has 0 aliphatic rings. The molecule has 24 rings (SSSR count). The lowest BCUT2D eigenvalue weighted by Crippen LogP contribution is -2.01. The quantitative estimate of drug-likeness (QED) is 0.111. The number of fused-ring (bicyclic) bond motifs is 15. The van der Waals surface area contributed by atoms with Gasteiger partial charge in [0.1, 0.15) is 16.7 Å². The Hall–Kier alpha value is -16.9. The maximum Gasteiger partial charge on any atom is 0.164 e. The van der Waals surface area contributed by atoms with Gasteiger partial charge in [-0.25, -0.2) is 29.9 Å². The molecule has 0 spiro atoms. The maximum absolute atomic E-state index is 5.94. The first-order valence-electron chi connectivity index (χ1n) is 39.1. The second-order valence-corrected chi connectivity index (χ2v) is 28.9. The summed E-state index contributed by atoms with van der Waals surface area (Å²) in [5, 5.41) is 10.1. The van der Waals surface area contributed by atoms with Crippen LogP contribution in [0.15, 0.2) is 398 Å². The van der Waals surface area contributed by atoms with E-state index in [1.165, 1.54) is 5.39 Å². The third-order valence-corrected chi connectivity index (χ3v) is 21.9. The third kappa shape index (κ3) is 12.7. The number of benzene rings is 9. The number of rotatable bonds is 12. The fourth-order valence-electron chi connectivity index (χ4n) is 16.3. The Morgan fingerprint density at radius 1 is 0.192 bits per heavy atom. The van der Waals surface area contributed by atoms with Crippen molar-refractivity contribution in [2.24, 2.45) is 0 Å². The highest BCUT2D eigenvalue weighted by atomic mass is 16.3. The first-order valence-corrected chi connectivity index (χ1v) is 39.1. The summed E-state index contributed by atoms with van der Waals surface area (Å²) >= 11 is 0. The van der Waals surface area contributed by atoms with Gasteiger partial charge < -0.3 is 27.0 Å². The number of furan rings is 3. The molecule has 0 N–H and O–H groups in total. The summed E-state index contributed by atoms with van der Waals surface area (Å²) in [4.78, 5) is 54.5. The molecule has 0 atom stereocenters. The van der Waals surface area contributed by atoms with Gasteiger partial charge in [-0.15, -0.1) is 0 Å². The van der Waals surface area contributed by atoms with Gasteiger partial charge in [-0.05, 0) is 223 Å². The van der Waals surface area contributed by atoms with Crippen LogP contribution in [-0.4, -0.2) is 73.5 Å². The Morgan fingerprint density at radius 3 is 0.908 bits per heavy atom. The number of aromatic nitrogens is 15. The fourth-order valence-corrected chi connectivity index (χ4v) is 16.3. The smallest absolute Gasteiger partial charge is 0.164 e. The molecule has 0 unspecified atom stereocenters. The van der Waals surface area contributed by atoms with Gasteiger partial charge in [-0.2, -0.15) is 0 Å². The largest absolute Gasteiger partial charge is 0.464 e. The van der Waals surface area contributed by atoms with Gasteiger partial charge >= 0.3 is 0 Å². The highest BCUT2D eigenvalue weighted by Crippen LogP contribution is 2.43. The molecular formula is C102H63N15O3. The predicted molar refractivity (Wildman–Crippen MR) is 474 cm³/mol. The predicted octanol–water partition coefficient (Wildman–Crippen LogP) is 24.3. The van der Waals surface area contributed by atoms with Crippen LogP contribution in [0.4, 0.5) is 0 Å². The van der Waals surface area contributed by atoms with Crippen molar-refractivity contribution >= 4 is 98.3 Å². The molecule has 0 aliphatic heterocycles. The van der Waals surface area contributed by atoms with E-state index < -0.39 is 0 Å². The molecule has 0 aliphatic carbocycles. The van der Waals surface area contributed by atoms with Gasteiger partial charge in [0, 0.05) is 168 Å². The zero-order chi connectivity index (χ0) is 79.4. The first-order chi connectivity index (χ1) is 59.5. The van der Waals surface area contributed by atoms with Gasteiger partial charge in [0.2, 0.25) is 0 Å². The summed E-state index contributed by atoms with van der Waals surface area (Å²) in [5.41, 5.74) is 25.8. The Kier molecular flexibility index (Phi) is 17.4. The van der Waals surface area contributed by atoms with Crippen molar-refractivity contribution in [2.45, 2.75) is 0 Å². The van der Waals surface area contributed by atoms with E-state index in [0.717, 1.165) is 188 Å². The van der Waals surface area contributed by atoms with E-state index in [4.69, 9.17) is 43.2 Å². The average Bonchev–Trinajstić information content (AvgIpc) is 1.58. The van der Waals surface area contributed by atoms with E-state index in [1.807, 2.05) is 122 Å². The number of nitrogens with zero attached hydrogens (tertiary/aromatic N) is 15. The zero-order valence-electron chi connectivity index (χ0n) is 63.8. The molecule has 0 bridgehead atoms. The van der Waals surface area contributed by atoms with E-state index in [0.29, 0.717) is 23.3 Å². The molecule has 0 fully saturated rings. The first kappa shape index (κ1) is 69.8. The van der Waals surface area contributed by atoms with Gasteiger partial charge in [-0.1, -0.05) is 78.9 Å². The van der Waals surface area contributed by atoms with Gasteiger partial charge in [0.05, 0.1) is 90.8 Å². The normalized spacial score (nSPS) is 11.5. The fraction of sp³-hybridized carbons (Fsp3) is 0. The van der Waals surface area contributed by atoms with Crippen LogP contribution >= 0.6 is 0 Å². The Labute approximate surface area is 684 Å². The Bertz CT molecular complexity index is 7470. The zero-order valence-corrected chi connectivity index (χ0v) is 63.8. The second kappa shape index (κ2) is 29.8. The summed E-state index contributed by atoms with van der Waals surface area (Å²) < 4.78 is 24.7. The summed E-state index contributed by atoms with van der Waals surface area (Å²) in [6.07, 6.45) is 26.6. The van der Waals surface area contributed by atoms with Crippen LogP contribution in [0.25, 0.3) is 217 Å². The third-order valence-electron chi connectivity index (χ3n) is 21.9. The van der Waals surface area contributed by atoms with Crippen molar-refractivity contribution in [3.8, 4) is 119 Å². The van der Waals surface area contributed by atoms with Gasteiger partial charge in [0.25, 0.3) is 0 Å². The molecular weight excluding hydrogens is 1480 g/mol. The number of pyridine rings is 7. The van der Waals surface area contributed by atoms with Crippen molar-refractivity contribution < 1.29 is 13.3 Å². The van der Waals surface area contributed by atoms with Crippen molar-refractivity contribution in [3.63, 3.8) is 0 Å². The van der Waals surface area contributed by atoms with Crippen LogP contribution in [0.3, 0.4) is 0 Å². The molecule has 24 aromatic rings. The molecule has 18 heteroatoms. The number of para-hydroxylation sites is 3. The topological polar surface area (TPSA) is 209 Å². The molecule has 9 aromatic carbocycles. The molecule has 120 heavy (non-hydrogen) atoms. The van der Waals surface area contributed by atoms with Crippen LogP contribution < -0.4 is 0 Å². The van der Waals surface area contributed by atoms with Gasteiger partial charge in [-0.3, -0.25) is 29.9 Å². The maximum atomic E-state index is 5.94. The van der Waals surface area contributed by atoms with Crippen molar-refractivity contribution in [1.29, 1.82) is 0 Å². The Balaban J connectivity index is 0.000000108. The minimum Gasteiger partial charge on any atom is -0.464 e. The van der Waals surface area contributed by atoms with E-state index in [1.54, 1.807) is 80.8 Å². The minimum atomic E-state index is 0.585. The summed E-state index contributed by atoms with van der Waals surface area (Å²) in [6.45, 7) is 0. The summed E-state index contributed by atoms with van der Waals surface area (Å²) in [6, 6.07) is 99.4. The van der Waals surface area contributed by atoms with Crippen LogP contribution in [0, 0.1) is 0 Å². The molecule has 15 heterocycles. The minimum absolute atomic E-state index is 0.585.